The Morgan fingerprint density at radius 1 is 1.00 bits per heavy atom. The first-order valence-electron chi connectivity index (χ1n) is 5.45. The van der Waals surface area contributed by atoms with Gasteiger partial charge in [0.2, 0.25) is 0 Å². The van der Waals surface area contributed by atoms with Crippen LogP contribution in [0.2, 0.25) is 0 Å². The van der Waals surface area contributed by atoms with Crippen LogP contribution in [0.15, 0.2) is 28.7 Å². The minimum Gasteiger partial charge on any atom is -0.143 e. The highest BCUT2D eigenvalue weighted by atomic mass is 79.9. The van der Waals surface area contributed by atoms with Crippen LogP contribution < -0.4 is 0 Å². The molecule has 0 aliphatic carbocycles. The van der Waals surface area contributed by atoms with Crippen molar-refractivity contribution in [1.29, 1.82) is 0 Å². The Morgan fingerprint density at radius 2 is 1.59 bits per heavy atom. The molecule has 0 nitrogen and oxygen atoms in total. The molecule has 90 valence electrons. The van der Waals surface area contributed by atoms with Gasteiger partial charge in [0.15, 0.2) is 0 Å². The van der Waals surface area contributed by atoms with Crippen molar-refractivity contribution in [1.82, 2.24) is 0 Å². The number of thiophene rings is 1. The largest absolute Gasteiger partial charge is 0.143 e. The number of hydrogen-bond acceptors (Lipinski definition) is 1. The van der Waals surface area contributed by atoms with Crippen LogP contribution in [-0.2, 0) is 0 Å². The highest BCUT2D eigenvalue weighted by Gasteiger charge is 2.14. The summed E-state index contributed by atoms with van der Waals surface area (Å²) in [5, 5.41) is 0. The van der Waals surface area contributed by atoms with E-state index >= 15 is 0 Å². The summed E-state index contributed by atoms with van der Waals surface area (Å²) in [5.41, 5.74) is 3.96. The third kappa shape index (κ3) is 3.01. The van der Waals surface area contributed by atoms with Gasteiger partial charge in [0, 0.05) is 14.2 Å². The number of aryl methyl sites for hydroxylation is 3. The van der Waals surface area contributed by atoms with E-state index in [9.17, 15) is 0 Å². The zero-order valence-corrected chi connectivity index (χ0v) is 14.0. The second kappa shape index (κ2) is 5.25. The van der Waals surface area contributed by atoms with Gasteiger partial charge in [-0.1, -0.05) is 45.3 Å². The summed E-state index contributed by atoms with van der Waals surface area (Å²) in [6.45, 7) is 6.43. The maximum absolute atomic E-state index is 3.80. The maximum atomic E-state index is 3.80. The van der Waals surface area contributed by atoms with Crippen LogP contribution in [0.4, 0.5) is 0 Å². The second-order valence-electron chi connectivity index (χ2n) is 4.34. The van der Waals surface area contributed by atoms with Crippen molar-refractivity contribution in [2.75, 3.05) is 0 Å². The Hall–Kier alpha value is -0.120. The predicted octanol–water partition coefficient (Wildman–Crippen LogP) is 5.92. The van der Waals surface area contributed by atoms with Gasteiger partial charge < -0.3 is 0 Å². The smallest absolute Gasteiger partial charge is 0.0738 e. The first kappa shape index (κ1) is 13.3. The average molecular weight is 374 g/mol. The summed E-state index contributed by atoms with van der Waals surface area (Å²) in [6, 6.07) is 8.90. The number of alkyl halides is 1. The summed E-state index contributed by atoms with van der Waals surface area (Å²) in [6.07, 6.45) is 0. The van der Waals surface area contributed by atoms with Crippen molar-refractivity contribution >= 4 is 43.2 Å². The molecule has 1 aromatic carbocycles. The minimum absolute atomic E-state index is 0.288. The van der Waals surface area contributed by atoms with E-state index in [0.29, 0.717) is 0 Å². The van der Waals surface area contributed by atoms with Crippen LogP contribution in [0.1, 0.15) is 31.3 Å². The molecule has 0 radical (unpaired) electrons. The van der Waals surface area contributed by atoms with Crippen LogP contribution in [0.25, 0.3) is 0 Å². The molecule has 17 heavy (non-hydrogen) atoms. The third-order valence-corrected chi connectivity index (χ3v) is 6.19. The van der Waals surface area contributed by atoms with E-state index < -0.39 is 0 Å². The monoisotopic (exact) mass is 372 g/mol. The number of hydrogen-bond donors (Lipinski definition) is 0. The van der Waals surface area contributed by atoms with Gasteiger partial charge in [-0.3, -0.25) is 0 Å². The molecule has 1 aromatic heterocycles. The Bertz CT molecular complexity index is 503. The van der Waals surface area contributed by atoms with Crippen LogP contribution in [0.3, 0.4) is 0 Å². The predicted molar refractivity (Wildman–Crippen MR) is 83.4 cm³/mol. The van der Waals surface area contributed by atoms with E-state index in [0.717, 1.165) is 0 Å². The number of halogens is 2. The lowest BCUT2D eigenvalue weighted by atomic mass is 10.0. The topological polar surface area (TPSA) is 0 Å². The molecular formula is C14H14Br2S. The number of rotatable bonds is 2. The first-order chi connectivity index (χ1) is 7.97. The molecule has 2 rings (SSSR count). The summed E-state index contributed by atoms with van der Waals surface area (Å²) in [7, 11) is 0. The average Bonchev–Trinajstić information content (AvgIpc) is 2.57. The fraction of sp³-hybridized carbons (Fsp3) is 0.286. The van der Waals surface area contributed by atoms with Gasteiger partial charge in [-0.05, 0) is 48.3 Å². The molecule has 0 spiro atoms. The molecule has 0 saturated carbocycles. The zero-order chi connectivity index (χ0) is 12.6. The van der Waals surface area contributed by atoms with E-state index in [1.54, 1.807) is 0 Å². The summed E-state index contributed by atoms with van der Waals surface area (Å²) < 4.78 is 1.20. The van der Waals surface area contributed by atoms with Gasteiger partial charge in [-0.25, -0.2) is 0 Å². The van der Waals surface area contributed by atoms with Gasteiger partial charge in [-0.2, -0.15) is 0 Å². The first-order valence-corrected chi connectivity index (χ1v) is 7.98. The molecule has 2 aromatic rings. The van der Waals surface area contributed by atoms with E-state index in [1.165, 1.54) is 30.9 Å². The second-order valence-corrected chi connectivity index (χ2v) is 7.39. The fourth-order valence-corrected chi connectivity index (χ4v) is 4.17. The van der Waals surface area contributed by atoms with Crippen molar-refractivity contribution in [3.8, 4) is 0 Å². The van der Waals surface area contributed by atoms with Crippen molar-refractivity contribution in [2.45, 2.75) is 25.6 Å². The molecular weight excluding hydrogens is 360 g/mol. The van der Waals surface area contributed by atoms with E-state index in [4.69, 9.17) is 0 Å². The molecule has 1 heterocycles. The third-order valence-electron chi connectivity index (χ3n) is 2.66. The molecule has 0 bridgehead atoms. The molecule has 3 heteroatoms. The van der Waals surface area contributed by atoms with Crippen LogP contribution in [-0.4, -0.2) is 0 Å². The van der Waals surface area contributed by atoms with Gasteiger partial charge in [0.25, 0.3) is 0 Å². The number of benzene rings is 1. The Balaban J connectivity index is 2.39. The molecule has 0 amide bonds. The molecule has 0 saturated heterocycles. The van der Waals surface area contributed by atoms with Gasteiger partial charge in [0.05, 0.1) is 4.83 Å². The minimum atomic E-state index is 0.288. The van der Waals surface area contributed by atoms with Crippen molar-refractivity contribution in [3.05, 3.63) is 55.2 Å². The fourth-order valence-electron chi connectivity index (χ4n) is 1.93. The van der Waals surface area contributed by atoms with Gasteiger partial charge in [-0.15, -0.1) is 11.3 Å². The highest BCUT2D eigenvalue weighted by Crippen LogP contribution is 2.39. The molecule has 1 unspecified atom stereocenters. The Kier molecular flexibility index (Phi) is 4.11. The molecule has 0 N–H and O–H groups in total. The van der Waals surface area contributed by atoms with Gasteiger partial charge >= 0.3 is 0 Å². The molecule has 0 aliphatic rings. The highest BCUT2D eigenvalue weighted by molar-refractivity contribution is 9.10. The lowest BCUT2D eigenvalue weighted by molar-refractivity contribution is 1.19. The van der Waals surface area contributed by atoms with E-state index in [2.05, 4.69) is 76.9 Å². The van der Waals surface area contributed by atoms with Crippen molar-refractivity contribution < 1.29 is 0 Å². The summed E-state index contributed by atoms with van der Waals surface area (Å²) in [5.74, 6) is 0. The van der Waals surface area contributed by atoms with E-state index in [-0.39, 0.29) is 4.83 Å². The summed E-state index contributed by atoms with van der Waals surface area (Å²) in [4.78, 5) is 2.96. The Labute approximate surface area is 123 Å². The Morgan fingerprint density at radius 3 is 2.06 bits per heavy atom. The zero-order valence-electron chi connectivity index (χ0n) is 10.1. The van der Waals surface area contributed by atoms with Crippen molar-refractivity contribution in [3.63, 3.8) is 0 Å². The van der Waals surface area contributed by atoms with E-state index in [1.807, 2.05) is 11.3 Å². The van der Waals surface area contributed by atoms with Gasteiger partial charge in [0.1, 0.15) is 0 Å². The molecule has 0 aliphatic heterocycles. The molecule has 0 fully saturated rings. The summed E-state index contributed by atoms with van der Waals surface area (Å²) >= 11 is 9.21. The normalized spacial score (nSPS) is 12.8. The lowest BCUT2D eigenvalue weighted by Gasteiger charge is -2.10. The van der Waals surface area contributed by atoms with Crippen LogP contribution in [0.5, 0.6) is 0 Å². The SMILES string of the molecule is Cc1cc(C)cc(C(Br)c2cc(Br)c(C)s2)c1. The lowest BCUT2D eigenvalue weighted by Crippen LogP contribution is -1.91. The maximum Gasteiger partial charge on any atom is 0.0738 e. The molecule has 1 atom stereocenters. The quantitative estimate of drug-likeness (QED) is 0.573. The standard InChI is InChI=1S/C14H14Br2S/c1-8-4-9(2)6-11(5-8)14(16)13-7-12(15)10(3)17-13/h4-7,14H,1-3H3. The van der Waals surface area contributed by atoms with Crippen molar-refractivity contribution in [2.24, 2.45) is 0 Å². The van der Waals surface area contributed by atoms with Crippen LogP contribution >= 0.6 is 43.2 Å². The van der Waals surface area contributed by atoms with Crippen LogP contribution in [0, 0.1) is 20.8 Å².